The van der Waals surface area contributed by atoms with Crippen LogP contribution in [0.5, 0.6) is 11.5 Å². The van der Waals surface area contributed by atoms with E-state index < -0.39 is 0 Å². The van der Waals surface area contributed by atoms with Gasteiger partial charge in [0.2, 0.25) is 0 Å². The highest BCUT2D eigenvalue weighted by Gasteiger charge is 2.19. The zero-order valence-corrected chi connectivity index (χ0v) is 10.3. The lowest BCUT2D eigenvalue weighted by atomic mass is 10.1. The molecule has 3 nitrogen and oxygen atoms in total. The van der Waals surface area contributed by atoms with Crippen LogP contribution >= 0.6 is 11.6 Å². The molecule has 1 aliphatic rings. The molecule has 1 aromatic carbocycles. The molecule has 2 aromatic rings. The van der Waals surface area contributed by atoms with E-state index >= 15 is 0 Å². The third-order valence-corrected chi connectivity index (χ3v) is 3.14. The number of carbonyl (C=O) groups is 1. The molecule has 90 valence electrons. The summed E-state index contributed by atoms with van der Waals surface area (Å²) in [5.41, 5.74) is 1.87. The molecule has 1 aromatic heterocycles. The molecule has 1 aliphatic carbocycles. The van der Waals surface area contributed by atoms with Gasteiger partial charge in [-0.25, -0.2) is 4.98 Å². The first-order valence-corrected chi connectivity index (χ1v) is 6.06. The van der Waals surface area contributed by atoms with Gasteiger partial charge in [0.1, 0.15) is 16.7 Å². The summed E-state index contributed by atoms with van der Waals surface area (Å²) in [7, 11) is 0. The highest BCUT2D eigenvalue weighted by Crippen LogP contribution is 2.29. The maximum absolute atomic E-state index is 11.5. The van der Waals surface area contributed by atoms with E-state index in [1.165, 1.54) is 0 Å². The average Bonchev–Trinajstić information content (AvgIpc) is 2.71. The van der Waals surface area contributed by atoms with Crippen LogP contribution in [0, 0.1) is 0 Å². The van der Waals surface area contributed by atoms with E-state index in [9.17, 15) is 4.79 Å². The highest BCUT2D eigenvalue weighted by molar-refractivity contribution is 6.29. The van der Waals surface area contributed by atoms with Crippen LogP contribution in [0.1, 0.15) is 22.3 Å². The first-order chi connectivity index (χ1) is 8.72. The molecule has 0 radical (unpaired) electrons. The second-order valence-corrected chi connectivity index (χ2v) is 4.55. The monoisotopic (exact) mass is 259 g/mol. The molecule has 0 saturated heterocycles. The van der Waals surface area contributed by atoms with Crippen molar-refractivity contribution in [3.63, 3.8) is 0 Å². The van der Waals surface area contributed by atoms with E-state index in [2.05, 4.69) is 4.98 Å². The Kier molecular flexibility index (Phi) is 2.76. The number of carbonyl (C=O) groups excluding carboxylic acids is 1. The van der Waals surface area contributed by atoms with Gasteiger partial charge in [-0.1, -0.05) is 11.6 Å². The third-order valence-electron chi connectivity index (χ3n) is 2.93. The van der Waals surface area contributed by atoms with E-state index in [4.69, 9.17) is 16.3 Å². The van der Waals surface area contributed by atoms with Gasteiger partial charge in [0.15, 0.2) is 5.78 Å². The van der Waals surface area contributed by atoms with Crippen molar-refractivity contribution >= 4 is 17.4 Å². The van der Waals surface area contributed by atoms with Crippen LogP contribution in [0.2, 0.25) is 5.15 Å². The number of aryl methyl sites for hydroxylation is 1. The SMILES string of the molecule is O=C1CCc2cc(Oc3ccnc(Cl)c3)ccc21. The van der Waals surface area contributed by atoms with Crippen LogP contribution in [0.3, 0.4) is 0 Å². The van der Waals surface area contributed by atoms with E-state index in [1.54, 1.807) is 24.4 Å². The lowest BCUT2D eigenvalue weighted by Crippen LogP contribution is -1.91. The molecule has 0 aliphatic heterocycles. The molecule has 0 unspecified atom stereocenters. The van der Waals surface area contributed by atoms with Crippen molar-refractivity contribution in [3.8, 4) is 11.5 Å². The predicted octanol–water partition coefficient (Wildman–Crippen LogP) is 3.66. The predicted molar refractivity (Wildman–Crippen MR) is 68.4 cm³/mol. The molecule has 0 saturated carbocycles. The molecule has 0 bridgehead atoms. The lowest BCUT2D eigenvalue weighted by Gasteiger charge is -2.07. The van der Waals surface area contributed by atoms with E-state index in [1.807, 2.05) is 12.1 Å². The number of hydrogen-bond donors (Lipinski definition) is 0. The third kappa shape index (κ3) is 2.09. The van der Waals surface area contributed by atoms with Gasteiger partial charge in [-0.3, -0.25) is 4.79 Å². The maximum atomic E-state index is 11.5. The van der Waals surface area contributed by atoms with Crippen molar-refractivity contribution in [2.45, 2.75) is 12.8 Å². The minimum atomic E-state index is 0.212. The lowest BCUT2D eigenvalue weighted by molar-refractivity contribution is 0.0994. The fourth-order valence-electron chi connectivity index (χ4n) is 2.08. The number of Topliss-reactive ketones (excluding diaryl/α,β-unsaturated/α-hetero) is 1. The number of halogens is 1. The number of ketones is 1. The van der Waals surface area contributed by atoms with Gasteiger partial charge in [-0.2, -0.15) is 0 Å². The molecule has 0 N–H and O–H groups in total. The van der Waals surface area contributed by atoms with Gasteiger partial charge in [0.25, 0.3) is 0 Å². The Balaban J connectivity index is 1.88. The summed E-state index contributed by atoms with van der Waals surface area (Å²) < 4.78 is 5.68. The Morgan fingerprint density at radius 2 is 1.94 bits per heavy atom. The second-order valence-electron chi connectivity index (χ2n) is 4.16. The maximum Gasteiger partial charge on any atom is 0.163 e. The fraction of sp³-hybridized carbons (Fsp3) is 0.143. The molecular formula is C14H10ClNO2. The van der Waals surface area contributed by atoms with Gasteiger partial charge < -0.3 is 4.74 Å². The zero-order chi connectivity index (χ0) is 12.5. The number of rotatable bonds is 2. The quantitative estimate of drug-likeness (QED) is 0.773. The summed E-state index contributed by atoms with van der Waals surface area (Å²) in [5, 5.41) is 0.392. The van der Waals surface area contributed by atoms with Crippen molar-refractivity contribution in [1.29, 1.82) is 0 Å². The largest absolute Gasteiger partial charge is 0.457 e. The summed E-state index contributed by atoms with van der Waals surface area (Å²) in [5.74, 6) is 1.56. The molecule has 1 heterocycles. The molecular weight excluding hydrogens is 250 g/mol. The molecule has 0 atom stereocenters. The van der Waals surface area contributed by atoms with Crippen molar-refractivity contribution in [1.82, 2.24) is 4.98 Å². The van der Waals surface area contributed by atoms with Crippen molar-refractivity contribution in [2.75, 3.05) is 0 Å². The number of ether oxygens (including phenoxy) is 1. The van der Waals surface area contributed by atoms with Gasteiger partial charge in [0, 0.05) is 24.2 Å². The standard InChI is InChI=1S/C14H10ClNO2/c15-14-8-11(5-6-16-14)18-10-2-3-12-9(7-10)1-4-13(12)17/h2-3,5-8H,1,4H2. The smallest absolute Gasteiger partial charge is 0.163 e. The Hall–Kier alpha value is -1.87. The van der Waals surface area contributed by atoms with Crippen molar-refractivity contribution < 1.29 is 9.53 Å². The summed E-state index contributed by atoms with van der Waals surface area (Å²) in [6, 6.07) is 8.93. The average molecular weight is 260 g/mol. The Labute approximate surface area is 109 Å². The molecule has 18 heavy (non-hydrogen) atoms. The van der Waals surface area contributed by atoms with Crippen molar-refractivity contribution in [2.24, 2.45) is 0 Å². The summed E-state index contributed by atoms with van der Waals surface area (Å²) in [4.78, 5) is 15.4. The molecule has 0 amide bonds. The Morgan fingerprint density at radius 1 is 1.11 bits per heavy atom. The first-order valence-electron chi connectivity index (χ1n) is 5.68. The molecule has 4 heteroatoms. The minimum Gasteiger partial charge on any atom is -0.457 e. The molecule has 0 fully saturated rings. The number of benzene rings is 1. The number of hydrogen-bond acceptors (Lipinski definition) is 3. The van der Waals surface area contributed by atoms with E-state index in [0.29, 0.717) is 23.1 Å². The summed E-state index contributed by atoms with van der Waals surface area (Å²) >= 11 is 5.79. The van der Waals surface area contributed by atoms with Gasteiger partial charge in [-0.15, -0.1) is 0 Å². The zero-order valence-electron chi connectivity index (χ0n) is 9.52. The minimum absolute atomic E-state index is 0.212. The second kappa shape index (κ2) is 4.42. The van der Waals surface area contributed by atoms with Crippen LogP contribution in [0.4, 0.5) is 0 Å². The van der Waals surface area contributed by atoms with Crippen LogP contribution in [-0.2, 0) is 6.42 Å². The number of nitrogens with zero attached hydrogens (tertiary/aromatic N) is 1. The topological polar surface area (TPSA) is 39.2 Å². The molecule has 0 spiro atoms. The van der Waals surface area contributed by atoms with E-state index in [0.717, 1.165) is 17.5 Å². The van der Waals surface area contributed by atoms with Crippen LogP contribution in [0.25, 0.3) is 0 Å². The first kappa shape index (κ1) is 11.2. The molecule has 3 rings (SSSR count). The number of pyridine rings is 1. The summed E-state index contributed by atoms with van der Waals surface area (Å²) in [6.07, 6.45) is 2.98. The van der Waals surface area contributed by atoms with Crippen molar-refractivity contribution in [3.05, 3.63) is 52.8 Å². The number of fused-ring (bicyclic) bond motifs is 1. The normalized spacial score (nSPS) is 13.5. The van der Waals surface area contributed by atoms with Crippen LogP contribution in [0.15, 0.2) is 36.5 Å². The Morgan fingerprint density at radius 3 is 2.78 bits per heavy atom. The Bertz CT molecular complexity index is 625. The fourth-order valence-corrected chi connectivity index (χ4v) is 2.24. The van der Waals surface area contributed by atoms with Crippen LogP contribution < -0.4 is 4.74 Å². The summed E-state index contributed by atoms with van der Waals surface area (Å²) in [6.45, 7) is 0. The number of aromatic nitrogens is 1. The highest BCUT2D eigenvalue weighted by atomic mass is 35.5. The van der Waals surface area contributed by atoms with Gasteiger partial charge >= 0.3 is 0 Å². The van der Waals surface area contributed by atoms with Gasteiger partial charge in [0.05, 0.1) is 0 Å². The van der Waals surface area contributed by atoms with E-state index in [-0.39, 0.29) is 5.78 Å². The van der Waals surface area contributed by atoms with Gasteiger partial charge in [-0.05, 0) is 36.2 Å². The van der Waals surface area contributed by atoms with Crippen LogP contribution in [-0.4, -0.2) is 10.8 Å².